The highest BCUT2D eigenvalue weighted by Crippen LogP contribution is 2.27. The van der Waals surface area contributed by atoms with E-state index in [9.17, 15) is 23.1 Å². The molecule has 19 heavy (non-hydrogen) atoms. The van der Waals surface area contributed by atoms with Crippen LogP contribution in [0.4, 0.5) is 0 Å². The third-order valence-electron chi connectivity index (χ3n) is 3.01. The number of benzene rings is 1. The smallest absolute Gasteiger partial charge is 0.267 e. The highest BCUT2D eigenvalue weighted by molar-refractivity contribution is 7.89. The van der Waals surface area contributed by atoms with E-state index in [0.29, 0.717) is 4.31 Å². The Bertz CT molecular complexity index is 620. The average Bonchev–Trinajstić information content (AvgIpc) is 2.72. The van der Waals surface area contributed by atoms with Crippen molar-refractivity contribution in [3.05, 3.63) is 29.8 Å². The fraction of sp³-hybridized carbons (Fsp3) is 0.333. The Labute approximate surface area is 110 Å². The molecule has 7 heteroatoms. The Morgan fingerprint density at radius 1 is 1.32 bits per heavy atom. The van der Waals surface area contributed by atoms with Crippen LogP contribution in [0.2, 0.25) is 0 Å². The summed E-state index contributed by atoms with van der Waals surface area (Å²) in [5.41, 5.74) is 0.864. The molecule has 1 aromatic carbocycles. The number of aryl methyl sites for hydroxylation is 1. The van der Waals surface area contributed by atoms with Gasteiger partial charge in [-0.25, -0.2) is 12.7 Å². The number of hydrogen-bond acceptors (Lipinski definition) is 5. The summed E-state index contributed by atoms with van der Waals surface area (Å²) in [5.74, 6) is -2.27. The van der Waals surface area contributed by atoms with Gasteiger partial charge < -0.3 is 9.90 Å². The van der Waals surface area contributed by atoms with Gasteiger partial charge in [0.1, 0.15) is 0 Å². The van der Waals surface area contributed by atoms with Gasteiger partial charge in [0.2, 0.25) is 5.91 Å². The van der Waals surface area contributed by atoms with Crippen LogP contribution in [0.5, 0.6) is 0 Å². The van der Waals surface area contributed by atoms with Crippen molar-refractivity contribution in [3.8, 4) is 0 Å². The van der Waals surface area contributed by atoms with Gasteiger partial charge in [0.15, 0.2) is 0 Å². The van der Waals surface area contributed by atoms with Gasteiger partial charge in [-0.2, -0.15) is 0 Å². The maximum absolute atomic E-state index is 12.3. The second kappa shape index (κ2) is 4.65. The van der Waals surface area contributed by atoms with E-state index in [2.05, 4.69) is 0 Å². The lowest BCUT2D eigenvalue weighted by molar-refractivity contribution is -0.309. The first-order valence-electron chi connectivity index (χ1n) is 5.69. The highest BCUT2D eigenvalue weighted by atomic mass is 32.2. The standard InChI is InChI=1S/C12H13NO5S/c1-8-2-4-9(5-3-8)19(17,18)13-10(12(15)16)6-7-11(13)14/h2-5,10H,6-7H2,1H3,(H,15,16)/p-1/t10-/m1/s1. The van der Waals surface area contributed by atoms with Gasteiger partial charge >= 0.3 is 0 Å². The van der Waals surface area contributed by atoms with Crippen molar-refractivity contribution < 1.29 is 23.1 Å². The average molecular weight is 282 g/mol. The summed E-state index contributed by atoms with van der Waals surface area (Å²) in [6.07, 6.45) is -0.157. The maximum atomic E-state index is 12.3. The largest absolute Gasteiger partial charge is 0.548 e. The number of carbonyl (C=O) groups is 2. The van der Waals surface area contributed by atoms with E-state index >= 15 is 0 Å². The number of carbonyl (C=O) groups excluding carboxylic acids is 2. The molecule has 1 heterocycles. The minimum atomic E-state index is -4.14. The topological polar surface area (TPSA) is 94.6 Å². The highest BCUT2D eigenvalue weighted by Gasteiger charge is 2.41. The van der Waals surface area contributed by atoms with Crippen molar-refractivity contribution in [2.24, 2.45) is 0 Å². The summed E-state index contributed by atoms with van der Waals surface area (Å²) in [6, 6.07) is 4.45. The number of sulfonamides is 1. The van der Waals surface area contributed by atoms with Crippen LogP contribution in [0.25, 0.3) is 0 Å². The van der Waals surface area contributed by atoms with Crippen molar-refractivity contribution in [3.63, 3.8) is 0 Å². The molecule has 6 nitrogen and oxygen atoms in total. The monoisotopic (exact) mass is 282 g/mol. The van der Waals surface area contributed by atoms with E-state index in [-0.39, 0.29) is 17.7 Å². The van der Waals surface area contributed by atoms with Gasteiger partial charge in [-0.1, -0.05) is 17.7 Å². The summed E-state index contributed by atoms with van der Waals surface area (Å²) in [6.45, 7) is 1.79. The molecule has 0 saturated carbocycles. The molecular weight excluding hydrogens is 270 g/mol. The quantitative estimate of drug-likeness (QED) is 0.739. The van der Waals surface area contributed by atoms with Crippen molar-refractivity contribution in [1.29, 1.82) is 0 Å². The number of hydrogen-bond donors (Lipinski definition) is 0. The molecule has 1 aliphatic rings. The number of aliphatic carboxylic acids is 1. The van der Waals surface area contributed by atoms with Crippen LogP contribution in [0.15, 0.2) is 29.2 Å². The molecule has 1 fully saturated rings. The number of rotatable bonds is 3. The maximum Gasteiger partial charge on any atom is 0.267 e. The van der Waals surface area contributed by atoms with Crippen molar-refractivity contribution >= 4 is 21.9 Å². The molecule has 1 aromatic rings. The van der Waals surface area contributed by atoms with Gasteiger partial charge in [0.25, 0.3) is 10.0 Å². The van der Waals surface area contributed by atoms with E-state index in [0.717, 1.165) is 5.56 Å². The first-order valence-corrected chi connectivity index (χ1v) is 7.13. The molecule has 1 atom stereocenters. The molecule has 0 radical (unpaired) electrons. The normalized spacial score (nSPS) is 19.7. The minimum Gasteiger partial charge on any atom is -0.548 e. The summed E-state index contributed by atoms with van der Waals surface area (Å²) in [5, 5.41) is 10.9. The van der Waals surface area contributed by atoms with Gasteiger partial charge in [0, 0.05) is 6.42 Å². The number of nitrogens with zero attached hydrogens (tertiary/aromatic N) is 1. The summed E-state index contributed by atoms with van der Waals surface area (Å²) >= 11 is 0. The Morgan fingerprint density at radius 3 is 2.42 bits per heavy atom. The van der Waals surface area contributed by atoms with E-state index < -0.39 is 27.9 Å². The molecule has 0 aliphatic carbocycles. The molecule has 0 unspecified atom stereocenters. The zero-order valence-electron chi connectivity index (χ0n) is 10.2. The lowest BCUT2D eigenvalue weighted by Crippen LogP contribution is -2.48. The van der Waals surface area contributed by atoms with E-state index in [1.165, 1.54) is 12.1 Å². The van der Waals surface area contributed by atoms with Crippen LogP contribution < -0.4 is 5.11 Å². The third-order valence-corrected chi connectivity index (χ3v) is 4.85. The summed E-state index contributed by atoms with van der Waals surface area (Å²) < 4.78 is 25.0. The molecule has 0 spiro atoms. The molecule has 0 aromatic heterocycles. The first-order chi connectivity index (χ1) is 8.84. The zero-order chi connectivity index (χ0) is 14.2. The van der Waals surface area contributed by atoms with Gasteiger partial charge in [-0.15, -0.1) is 0 Å². The van der Waals surface area contributed by atoms with Crippen LogP contribution in [-0.4, -0.2) is 30.6 Å². The fourth-order valence-electron chi connectivity index (χ4n) is 2.00. The summed E-state index contributed by atoms with van der Waals surface area (Å²) in [4.78, 5) is 22.5. The predicted octanol–water partition coefficient (Wildman–Crippen LogP) is -0.575. The van der Waals surface area contributed by atoms with Crippen molar-refractivity contribution in [1.82, 2.24) is 4.31 Å². The lowest BCUT2D eigenvalue weighted by atomic mass is 10.2. The van der Waals surface area contributed by atoms with Crippen LogP contribution in [0.3, 0.4) is 0 Å². The predicted molar refractivity (Wildman–Crippen MR) is 63.2 cm³/mol. The SMILES string of the molecule is Cc1ccc(S(=O)(=O)N2C(=O)CC[C@@H]2C(=O)[O-])cc1. The molecule has 1 amide bonds. The van der Waals surface area contributed by atoms with Crippen molar-refractivity contribution in [2.45, 2.75) is 30.7 Å². The van der Waals surface area contributed by atoms with Crippen LogP contribution in [0.1, 0.15) is 18.4 Å². The second-order valence-electron chi connectivity index (χ2n) is 4.38. The fourth-order valence-corrected chi connectivity index (χ4v) is 3.59. The van der Waals surface area contributed by atoms with Gasteiger partial charge in [-0.3, -0.25) is 4.79 Å². The summed E-state index contributed by atoms with van der Waals surface area (Å²) in [7, 11) is -4.14. The van der Waals surface area contributed by atoms with Crippen LogP contribution in [-0.2, 0) is 19.6 Å². The van der Waals surface area contributed by atoms with Gasteiger partial charge in [-0.05, 0) is 25.5 Å². The second-order valence-corrected chi connectivity index (χ2v) is 6.20. The Balaban J connectivity index is 2.46. The Kier molecular flexibility index (Phi) is 3.32. The zero-order valence-corrected chi connectivity index (χ0v) is 11.0. The number of carboxylic acids is 1. The molecule has 1 aliphatic heterocycles. The Hall–Kier alpha value is -1.89. The lowest BCUT2D eigenvalue weighted by Gasteiger charge is -2.24. The van der Waals surface area contributed by atoms with Gasteiger partial charge in [0.05, 0.1) is 16.9 Å². The van der Waals surface area contributed by atoms with Crippen LogP contribution >= 0.6 is 0 Å². The minimum absolute atomic E-state index is 0.0493. The van der Waals surface area contributed by atoms with Crippen molar-refractivity contribution in [2.75, 3.05) is 0 Å². The molecule has 2 rings (SSSR count). The molecular formula is C12H12NO5S-. The first kappa shape index (κ1) is 13.5. The Morgan fingerprint density at radius 2 is 1.89 bits per heavy atom. The van der Waals surface area contributed by atoms with E-state index in [1.807, 2.05) is 0 Å². The van der Waals surface area contributed by atoms with E-state index in [1.54, 1.807) is 19.1 Å². The third kappa shape index (κ3) is 2.33. The molecule has 1 saturated heterocycles. The number of amides is 1. The molecule has 0 bridgehead atoms. The molecule has 102 valence electrons. The van der Waals surface area contributed by atoms with E-state index in [4.69, 9.17) is 0 Å². The molecule has 0 N–H and O–H groups in total. The van der Waals surface area contributed by atoms with Crippen LogP contribution in [0, 0.1) is 6.92 Å². The number of carboxylic acid groups (broad SMARTS) is 1.